The Kier molecular flexibility index (Phi) is 9.69. The zero-order chi connectivity index (χ0) is 23.7. The summed E-state index contributed by atoms with van der Waals surface area (Å²) in [5.74, 6) is 0.469. The Balaban J connectivity index is 2.16. The summed E-state index contributed by atoms with van der Waals surface area (Å²) in [7, 11) is 0. The highest BCUT2D eigenvalue weighted by Gasteiger charge is 2.29. The van der Waals surface area contributed by atoms with E-state index in [-0.39, 0.29) is 30.8 Å². The molecule has 0 spiro atoms. The second kappa shape index (κ2) is 12.2. The smallest absolute Gasteiger partial charge is 0.261 e. The number of halogens is 1. The number of nitrogens with one attached hydrogen (secondary N) is 1. The van der Waals surface area contributed by atoms with Crippen molar-refractivity contribution in [1.29, 1.82) is 0 Å². The van der Waals surface area contributed by atoms with Crippen LogP contribution in [0.3, 0.4) is 0 Å². The largest absolute Gasteiger partial charge is 0.484 e. The molecule has 0 aliphatic carbocycles. The molecule has 0 aromatic heterocycles. The molecule has 0 bridgehead atoms. The van der Waals surface area contributed by atoms with E-state index >= 15 is 0 Å². The maximum atomic E-state index is 13.3. The van der Waals surface area contributed by atoms with Crippen LogP contribution >= 0.6 is 0 Å². The normalized spacial score (nSPS) is 12.0. The lowest BCUT2D eigenvalue weighted by Crippen LogP contribution is -2.50. The van der Waals surface area contributed by atoms with E-state index in [2.05, 4.69) is 19.2 Å². The minimum atomic E-state index is -0.641. The molecule has 0 saturated heterocycles. The van der Waals surface area contributed by atoms with Gasteiger partial charge in [0, 0.05) is 13.1 Å². The Labute approximate surface area is 191 Å². The fourth-order valence-electron chi connectivity index (χ4n) is 3.31. The molecular weight excluding hydrogens is 407 g/mol. The van der Waals surface area contributed by atoms with Gasteiger partial charge in [0.2, 0.25) is 5.91 Å². The molecule has 2 amide bonds. The molecule has 1 unspecified atom stereocenters. The fraction of sp³-hybridized carbons (Fsp3) is 0.462. The van der Waals surface area contributed by atoms with Crippen molar-refractivity contribution in [3.63, 3.8) is 0 Å². The molecular formula is C26H35FN2O3. The molecule has 2 aromatic rings. The van der Waals surface area contributed by atoms with Crippen LogP contribution in [0.4, 0.5) is 4.39 Å². The number of hydrogen-bond donors (Lipinski definition) is 1. The van der Waals surface area contributed by atoms with Crippen molar-refractivity contribution in [2.45, 2.75) is 59.5 Å². The van der Waals surface area contributed by atoms with Gasteiger partial charge in [-0.1, -0.05) is 58.9 Å². The number of nitrogens with zero attached hydrogens (tertiary/aromatic N) is 1. The third-order valence-electron chi connectivity index (χ3n) is 5.25. The minimum Gasteiger partial charge on any atom is -0.484 e. The molecule has 2 rings (SSSR count). The molecule has 0 heterocycles. The van der Waals surface area contributed by atoms with Gasteiger partial charge in [-0.25, -0.2) is 4.39 Å². The second-order valence-corrected chi connectivity index (χ2v) is 8.72. The van der Waals surface area contributed by atoms with E-state index in [1.54, 1.807) is 12.1 Å². The molecule has 2 aromatic carbocycles. The fourth-order valence-corrected chi connectivity index (χ4v) is 3.31. The molecule has 5 nitrogen and oxygen atoms in total. The number of carbonyl (C=O) groups is 2. The van der Waals surface area contributed by atoms with Crippen LogP contribution in [-0.2, 0) is 16.1 Å². The Bertz CT molecular complexity index is 864. The predicted octanol–water partition coefficient (Wildman–Crippen LogP) is 4.91. The number of amides is 2. The van der Waals surface area contributed by atoms with Gasteiger partial charge in [-0.2, -0.15) is 0 Å². The quantitative estimate of drug-likeness (QED) is 0.538. The summed E-state index contributed by atoms with van der Waals surface area (Å²) in [6.07, 6.45) is 0.458. The highest BCUT2D eigenvalue weighted by atomic mass is 19.1. The van der Waals surface area contributed by atoms with Crippen molar-refractivity contribution >= 4 is 11.8 Å². The van der Waals surface area contributed by atoms with E-state index in [4.69, 9.17) is 4.74 Å². The van der Waals surface area contributed by atoms with Crippen LogP contribution in [0.25, 0.3) is 0 Å². The first-order chi connectivity index (χ1) is 15.2. The third-order valence-corrected chi connectivity index (χ3v) is 5.25. The van der Waals surface area contributed by atoms with E-state index in [0.29, 0.717) is 30.6 Å². The zero-order valence-corrected chi connectivity index (χ0v) is 19.7. The van der Waals surface area contributed by atoms with Gasteiger partial charge in [-0.05, 0) is 53.6 Å². The van der Waals surface area contributed by atoms with Gasteiger partial charge in [0.25, 0.3) is 5.91 Å². The number of ether oxygens (including phenoxy) is 1. The Morgan fingerprint density at radius 1 is 1.00 bits per heavy atom. The van der Waals surface area contributed by atoms with Crippen molar-refractivity contribution in [2.24, 2.45) is 5.92 Å². The molecule has 174 valence electrons. The van der Waals surface area contributed by atoms with Crippen LogP contribution in [-0.4, -0.2) is 35.9 Å². The number of hydrogen-bond acceptors (Lipinski definition) is 3. The van der Waals surface area contributed by atoms with E-state index < -0.39 is 6.04 Å². The summed E-state index contributed by atoms with van der Waals surface area (Å²) in [5, 5.41) is 2.92. The van der Waals surface area contributed by atoms with Gasteiger partial charge in [-0.3, -0.25) is 9.59 Å². The summed E-state index contributed by atoms with van der Waals surface area (Å²) in [6.45, 7) is 10.7. The monoisotopic (exact) mass is 442 g/mol. The third kappa shape index (κ3) is 7.66. The van der Waals surface area contributed by atoms with Crippen molar-refractivity contribution in [2.75, 3.05) is 13.2 Å². The highest BCUT2D eigenvalue weighted by molar-refractivity contribution is 5.88. The molecule has 0 aliphatic heterocycles. The SMILES string of the molecule is CCC(C(=O)NCC(C)C)N(Cc1ccc(F)cc1)C(=O)COc1ccc(C(C)C)cc1. The molecule has 32 heavy (non-hydrogen) atoms. The van der Waals surface area contributed by atoms with Crippen LogP contribution in [0.5, 0.6) is 5.75 Å². The number of carbonyl (C=O) groups excluding carboxylic acids is 2. The number of rotatable bonds is 11. The molecule has 1 atom stereocenters. The lowest BCUT2D eigenvalue weighted by molar-refractivity contribution is -0.143. The lowest BCUT2D eigenvalue weighted by Gasteiger charge is -2.30. The topological polar surface area (TPSA) is 58.6 Å². The zero-order valence-electron chi connectivity index (χ0n) is 19.7. The first-order valence-corrected chi connectivity index (χ1v) is 11.3. The van der Waals surface area contributed by atoms with Crippen molar-refractivity contribution in [3.8, 4) is 5.75 Å². The van der Waals surface area contributed by atoms with Crippen LogP contribution in [0, 0.1) is 11.7 Å². The molecule has 1 N–H and O–H groups in total. The molecule has 0 fully saturated rings. The maximum absolute atomic E-state index is 13.3. The summed E-state index contributed by atoms with van der Waals surface area (Å²) >= 11 is 0. The Morgan fingerprint density at radius 3 is 2.16 bits per heavy atom. The van der Waals surface area contributed by atoms with Crippen molar-refractivity contribution in [1.82, 2.24) is 10.2 Å². The highest BCUT2D eigenvalue weighted by Crippen LogP contribution is 2.19. The van der Waals surface area contributed by atoms with E-state index in [1.807, 2.05) is 45.0 Å². The van der Waals surface area contributed by atoms with E-state index in [0.717, 1.165) is 5.56 Å². The van der Waals surface area contributed by atoms with Gasteiger partial charge in [-0.15, -0.1) is 0 Å². The molecule has 0 aliphatic rings. The molecule has 6 heteroatoms. The average Bonchev–Trinajstić information content (AvgIpc) is 2.77. The molecule has 0 saturated carbocycles. The van der Waals surface area contributed by atoms with Crippen LogP contribution in [0.15, 0.2) is 48.5 Å². The summed E-state index contributed by atoms with van der Waals surface area (Å²) in [5.41, 5.74) is 1.94. The number of benzene rings is 2. The summed E-state index contributed by atoms with van der Waals surface area (Å²) in [6, 6.07) is 13.0. The van der Waals surface area contributed by atoms with Gasteiger partial charge in [0.15, 0.2) is 6.61 Å². The van der Waals surface area contributed by atoms with E-state index in [9.17, 15) is 14.0 Å². The Hall–Kier alpha value is -2.89. The first-order valence-electron chi connectivity index (χ1n) is 11.3. The summed E-state index contributed by atoms with van der Waals surface area (Å²) < 4.78 is 19.1. The van der Waals surface area contributed by atoms with Crippen molar-refractivity contribution < 1.29 is 18.7 Å². The van der Waals surface area contributed by atoms with Crippen LogP contribution < -0.4 is 10.1 Å². The predicted molar refractivity (Wildman–Crippen MR) is 125 cm³/mol. The van der Waals surface area contributed by atoms with Crippen molar-refractivity contribution in [3.05, 3.63) is 65.5 Å². The van der Waals surface area contributed by atoms with Gasteiger partial charge in [0.1, 0.15) is 17.6 Å². The van der Waals surface area contributed by atoms with Gasteiger partial charge in [0.05, 0.1) is 0 Å². The van der Waals surface area contributed by atoms with E-state index in [1.165, 1.54) is 22.6 Å². The molecule has 0 radical (unpaired) electrons. The standard InChI is InChI=1S/C26H35FN2O3/c1-6-24(26(31)28-15-18(2)3)29(16-20-7-11-22(27)12-8-20)25(30)17-32-23-13-9-21(10-14-23)19(4)5/h7-14,18-19,24H,6,15-17H2,1-5H3,(H,28,31). The average molecular weight is 443 g/mol. The van der Waals surface area contributed by atoms with Crippen LogP contribution in [0.1, 0.15) is 58.1 Å². The van der Waals surface area contributed by atoms with Gasteiger partial charge < -0.3 is 15.0 Å². The minimum absolute atomic E-state index is 0.184. The maximum Gasteiger partial charge on any atom is 0.261 e. The lowest BCUT2D eigenvalue weighted by atomic mass is 10.0. The summed E-state index contributed by atoms with van der Waals surface area (Å²) in [4.78, 5) is 27.5. The Morgan fingerprint density at radius 2 is 1.62 bits per heavy atom. The van der Waals surface area contributed by atoms with Crippen LogP contribution in [0.2, 0.25) is 0 Å². The second-order valence-electron chi connectivity index (χ2n) is 8.72. The first kappa shape index (κ1) is 25.4. The van der Waals surface area contributed by atoms with Gasteiger partial charge >= 0.3 is 0 Å².